The van der Waals surface area contributed by atoms with Gasteiger partial charge in [0.2, 0.25) is 0 Å². The van der Waals surface area contributed by atoms with Crippen LogP contribution in [-0.2, 0) is 8.99 Å². The number of benzene rings is 1. The summed E-state index contributed by atoms with van der Waals surface area (Å²) in [6.07, 6.45) is 3.10. The van der Waals surface area contributed by atoms with E-state index in [0.29, 0.717) is 31.2 Å². The largest absolute Gasteiger partial charge is 0.416 e. The molecule has 2 aliphatic rings. The highest BCUT2D eigenvalue weighted by atomic mass is 31.2. The molecule has 1 aliphatic carbocycles. The molecular weight excluding hydrogens is 413 g/mol. The zero-order chi connectivity index (χ0) is 22.2. The van der Waals surface area contributed by atoms with E-state index in [9.17, 15) is 14.4 Å². The zero-order valence-corrected chi connectivity index (χ0v) is 21.2. The van der Waals surface area contributed by atoms with Gasteiger partial charge < -0.3 is 19.1 Å². The molecule has 170 valence electrons. The summed E-state index contributed by atoms with van der Waals surface area (Å²) in [7, 11) is -5.99. The van der Waals surface area contributed by atoms with E-state index in [4.69, 9.17) is 4.43 Å². The molecular formula is C23H40NO4PSi. The zero-order valence-electron chi connectivity index (χ0n) is 19.3. The van der Waals surface area contributed by atoms with Crippen LogP contribution < -0.4 is 0 Å². The summed E-state index contributed by atoms with van der Waals surface area (Å²) in [6, 6.07) is 10.6. The van der Waals surface area contributed by atoms with Crippen molar-refractivity contribution in [1.29, 1.82) is 0 Å². The summed E-state index contributed by atoms with van der Waals surface area (Å²) in [4.78, 5) is 22.6. The second-order valence-corrected chi connectivity index (χ2v) is 17.9. The molecule has 0 aromatic heterocycles. The third-order valence-electron chi connectivity index (χ3n) is 7.88. The van der Waals surface area contributed by atoms with E-state index in [1.54, 1.807) is 0 Å². The third kappa shape index (κ3) is 5.11. The summed E-state index contributed by atoms with van der Waals surface area (Å²) < 4.78 is 19.0. The Bertz CT molecular complexity index is 752. The van der Waals surface area contributed by atoms with Gasteiger partial charge in [-0.15, -0.1) is 0 Å². The van der Waals surface area contributed by atoms with Gasteiger partial charge in [0, 0.05) is 38.1 Å². The quantitative estimate of drug-likeness (QED) is 0.438. The van der Waals surface area contributed by atoms with Crippen molar-refractivity contribution < 1.29 is 18.8 Å². The molecule has 2 fully saturated rings. The van der Waals surface area contributed by atoms with Crippen molar-refractivity contribution in [3.05, 3.63) is 35.9 Å². The molecule has 1 aromatic rings. The lowest BCUT2D eigenvalue weighted by molar-refractivity contribution is 0.207. The fourth-order valence-corrected chi connectivity index (χ4v) is 7.21. The van der Waals surface area contributed by atoms with Crippen molar-refractivity contribution in [3.63, 3.8) is 0 Å². The molecule has 0 bridgehead atoms. The second kappa shape index (κ2) is 8.80. The predicted molar refractivity (Wildman–Crippen MR) is 126 cm³/mol. The Hall–Kier alpha value is -0.493. The first kappa shape index (κ1) is 24.2. The van der Waals surface area contributed by atoms with Gasteiger partial charge in [0.05, 0.1) is 5.16 Å². The van der Waals surface area contributed by atoms with Gasteiger partial charge in [-0.25, -0.2) is 0 Å². The molecule has 1 aliphatic heterocycles. The van der Waals surface area contributed by atoms with E-state index in [2.05, 4.69) is 63.0 Å². The number of hydrogen-bond donors (Lipinski definition) is 2. The summed E-state index contributed by atoms with van der Waals surface area (Å²) in [5.74, 6) is 0.683. The highest BCUT2D eigenvalue weighted by Crippen LogP contribution is 2.59. The lowest BCUT2D eigenvalue weighted by Gasteiger charge is -2.37. The molecule has 5 nitrogen and oxygen atoms in total. The SMILES string of the molecule is CC(C)(C)[Si](C)(C)OC[C@H]1CN(CC2(P(=O)(O)O)CCCC2)C[C@@H]1c1ccccc1. The molecule has 7 heteroatoms. The Kier molecular flexibility index (Phi) is 7.09. The standard InChI is InChI=1S/C23H40NO4PSi/c1-22(2,3)30(4,5)28-17-20-15-24(16-21(20)19-11-7-6-8-12-19)18-23(29(25,26)27)13-9-10-14-23/h6-8,11-12,20-21H,9-10,13-18H2,1-5H3,(H2,25,26,27)/t20-,21-/m1/s1. The molecule has 0 spiro atoms. The van der Waals surface area contributed by atoms with Crippen LogP contribution in [0.2, 0.25) is 18.1 Å². The van der Waals surface area contributed by atoms with Gasteiger partial charge in [-0.2, -0.15) is 0 Å². The minimum Gasteiger partial charge on any atom is -0.416 e. The first-order valence-electron chi connectivity index (χ1n) is 11.3. The fourth-order valence-electron chi connectivity index (χ4n) is 4.86. The van der Waals surface area contributed by atoms with Crippen LogP contribution in [0.1, 0.15) is 57.9 Å². The number of hydrogen-bond acceptors (Lipinski definition) is 3. The second-order valence-electron chi connectivity index (χ2n) is 11.0. The summed E-state index contributed by atoms with van der Waals surface area (Å²) in [5, 5.41) is -0.689. The average molecular weight is 454 g/mol. The van der Waals surface area contributed by atoms with Crippen molar-refractivity contribution in [2.24, 2.45) is 5.92 Å². The monoisotopic (exact) mass is 453 g/mol. The van der Waals surface area contributed by atoms with E-state index in [-0.39, 0.29) is 5.04 Å². The molecule has 30 heavy (non-hydrogen) atoms. The smallest absolute Gasteiger partial charge is 0.332 e. The van der Waals surface area contributed by atoms with Crippen LogP contribution in [0.15, 0.2) is 30.3 Å². The van der Waals surface area contributed by atoms with Gasteiger partial charge >= 0.3 is 7.60 Å². The van der Waals surface area contributed by atoms with Gasteiger partial charge in [0.25, 0.3) is 0 Å². The molecule has 2 N–H and O–H groups in total. The van der Waals surface area contributed by atoms with Crippen molar-refractivity contribution >= 4 is 15.9 Å². The van der Waals surface area contributed by atoms with Crippen LogP contribution in [-0.4, -0.2) is 54.4 Å². The van der Waals surface area contributed by atoms with Gasteiger partial charge in [0.15, 0.2) is 8.32 Å². The highest BCUT2D eigenvalue weighted by molar-refractivity contribution is 7.53. The van der Waals surface area contributed by atoms with Crippen LogP contribution in [0.5, 0.6) is 0 Å². The number of nitrogens with zero attached hydrogens (tertiary/aromatic N) is 1. The Morgan fingerprint density at radius 2 is 1.73 bits per heavy atom. The predicted octanol–water partition coefficient (Wildman–Crippen LogP) is 5.21. The topological polar surface area (TPSA) is 70.0 Å². The van der Waals surface area contributed by atoms with Gasteiger partial charge in [-0.05, 0) is 36.5 Å². The molecule has 1 saturated carbocycles. The maximum Gasteiger partial charge on any atom is 0.332 e. The van der Waals surface area contributed by atoms with Crippen molar-refractivity contribution in [2.75, 3.05) is 26.2 Å². The maximum atomic E-state index is 12.4. The molecule has 1 aromatic carbocycles. The number of rotatable bonds is 7. The molecule has 0 radical (unpaired) electrons. The third-order valence-corrected chi connectivity index (χ3v) is 14.2. The van der Waals surface area contributed by atoms with Crippen LogP contribution in [0.4, 0.5) is 0 Å². The first-order chi connectivity index (χ1) is 13.8. The van der Waals surface area contributed by atoms with Crippen molar-refractivity contribution in [3.8, 4) is 0 Å². The van der Waals surface area contributed by atoms with E-state index < -0.39 is 21.1 Å². The Morgan fingerprint density at radius 3 is 2.27 bits per heavy atom. The first-order valence-corrected chi connectivity index (χ1v) is 15.8. The fraction of sp³-hybridized carbons (Fsp3) is 0.739. The van der Waals surface area contributed by atoms with E-state index >= 15 is 0 Å². The Labute approximate surface area is 183 Å². The Balaban J connectivity index is 1.78. The lowest BCUT2D eigenvalue weighted by Crippen LogP contribution is -2.43. The summed E-state index contributed by atoms with van der Waals surface area (Å²) in [5.41, 5.74) is 1.31. The molecule has 0 unspecified atom stereocenters. The van der Waals surface area contributed by atoms with Crippen LogP contribution in [0, 0.1) is 5.92 Å². The van der Waals surface area contributed by atoms with Crippen LogP contribution in [0.3, 0.4) is 0 Å². The summed E-state index contributed by atoms with van der Waals surface area (Å²) in [6.45, 7) is 14.3. The highest BCUT2D eigenvalue weighted by Gasteiger charge is 2.51. The van der Waals surface area contributed by atoms with Crippen LogP contribution >= 0.6 is 7.60 Å². The minimum absolute atomic E-state index is 0.169. The Morgan fingerprint density at radius 1 is 1.13 bits per heavy atom. The average Bonchev–Trinajstić information content (AvgIpc) is 3.27. The van der Waals surface area contributed by atoms with Crippen molar-refractivity contribution in [2.45, 2.75) is 75.7 Å². The molecule has 2 atom stereocenters. The normalized spacial score (nSPS) is 25.7. The van der Waals surface area contributed by atoms with Gasteiger partial charge in [-0.3, -0.25) is 4.57 Å². The van der Waals surface area contributed by atoms with E-state index in [1.807, 2.05) is 6.07 Å². The maximum absolute atomic E-state index is 12.4. The summed E-state index contributed by atoms with van der Waals surface area (Å²) >= 11 is 0. The van der Waals surface area contributed by atoms with Crippen molar-refractivity contribution in [1.82, 2.24) is 4.90 Å². The van der Waals surface area contributed by atoms with Gasteiger partial charge in [0.1, 0.15) is 0 Å². The molecule has 1 saturated heterocycles. The van der Waals surface area contributed by atoms with Gasteiger partial charge in [-0.1, -0.05) is 63.9 Å². The van der Waals surface area contributed by atoms with Crippen LogP contribution in [0.25, 0.3) is 0 Å². The number of likely N-dealkylation sites (tertiary alicyclic amines) is 1. The molecule has 0 amide bonds. The minimum atomic E-state index is -4.14. The van der Waals surface area contributed by atoms with E-state index in [0.717, 1.165) is 32.5 Å². The molecule has 1 heterocycles. The lowest BCUT2D eigenvalue weighted by atomic mass is 9.90. The molecule has 3 rings (SSSR count). The van der Waals surface area contributed by atoms with E-state index in [1.165, 1.54) is 5.56 Å².